The van der Waals surface area contributed by atoms with Gasteiger partial charge >= 0.3 is 5.69 Å². The Balaban J connectivity index is 1.79. The third-order valence-corrected chi connectivity index (χ3v) is 5.42. The van der Waals surface area contributed by atoms with Crippen molar-refractivity contribution >= 4 is 17.1 Å². The minimum absolute atomic E-state index is 0.145. The Hall–Kier alpha value is -3.20. The van der Waals surface area contributed by atoms with Crippen LogP contribution in [0.1, 0.15) is 12.5 Å². The summed E-state index contributed by atoms with van der Waals surface area (Å²) in [5.41, 5.74) is 1.06. The van der Waals surface area contributed by atoms with Crippen molar-refractivity contribution in [2.75, 3.05) is 37.6 Å². The van der Waals surface area contributed by atoms with Crippen LogP contribution >= 0.6 is 0 Å². The van der Waals surface area contributed by atoms with E-state index in [1.165, 1.54) is 10.6 Å². The van der Waals surface area contributed by atoms with E-state index in [1.807, 2.05) is 6.92 Å². The topological polar surface area (TPSA) is 79.2 Å². The van der Waals surface area contributed by atoms with Crippen LogP contribution in [0.5, 0.6) is 0 Å². The molecule has 1 fully saturated rings. The van der Waals surface area contributed by atoms with Gasteiger partial charge in [0, 0.05) is 45.3 Å². The molecule has 1 saturated heterocycles. The van der Waals surface area contributed by atoms with E-state index < -0.39 is 11.2 Å². The average Bonchev–Trinajstić information content (AvgIpc) is 3.08. The first-order valence-electron chi connectivity index (χ1n) is 9.90. The molecule has 3 heterocycles. The molecule has 2 aromatic heterocycles. The molecule has 0 aliphatic carbocycles. The lowest BCUT2D eigenvalue weighted by Crippen LogP contribution is -2.47. The highest BCUT2D eigenvalue weighted by molar-refractivity contribution is 5.74. The van der Waals surface area contributed by atoms with Crippen LogP contribution in [0.25, 0.3) is 11.2 Å². The van der Waals surface area contributed by atoms with E-state index >= 15 is 0 Å². The smallest absolute Gasteiger partial charge is 0.329 e. The predicted molar refractivity (Wildman–Crippen MR) is 115 cm³/mol. The van der Waals surface area contributed by atoms with Gasteiger partial charge in [0.15, 0.2) is 11.2 Å². The van der Waals surface area contributed by atoms with Crippen LogP contribution < -0.4 is 16.1 Å². The van der Waals surface area contributed by atoms with Crippen LogP contribution in [0.15, 0.2) is 46.0 Å². The fourth-order valence-electron chi connectivity index (χ4n) is 3.90. The standard InChI is InChI=1S/C21H25FN6O2/c1-14(2)12-26-8-10-27(11-9-26)20-23-18-17(19(29)24-21(30)25(18)3)28(20)13-15-6-4-5-7-16(15)22/h4-7H,1,8-13H2,2-3H3,(H,24,29,30). The Labute approximate surface area is 172 Å². The highest BCUT2D eigenvalue weighted by atomic mass is 19.1. The lowest BCUT2D eigenvalue weighted by molar-refractivity contribution is 0.276. The SMILES string of the molecule is C=C(C)CN1CCN(c2nc3c(c(=O)[nH]c(=O)n3C)n2Cc2ccccc2F)CC1. The van der Waals surface area contributed by atoms with Crippen molar-refractivity contribution in [1.29, 1.82) is 0 Å². The second-order valence-electron chi connectivity index (χ2n) is 7.80. The van der Waals surface area contributed by atoms with Gasteiger partial charge < -0.3 is 4.90 Å². The number of anilines is 1. The van der Waals surface area contributed by atoms with Crippen molar-refractivity contribution in [3.05, 3.63) is 68.6 Å². The molecule has 0 amide bonds. The van der Waals surface area contributed by atoms with Crippen molar-refractivity contribution in [3.63, 3.8) is 0 Å². The Kier molecular flexibility index (Phi) is 5.29. The Bertz CT molecular complexity index is 1220. The molecule has 0 radical (unpaired) electrons. The van der Waals surface area contributed by atoms with Crippen LogP contribution in [0.2, 0.25) is 0 Å². The summed E-state index contributed by atoms with van der Waals surface area (Å²) >= 11 is 0. The number of benzene rings is 1. The maximum Gasteiger partial charge on any atom is 0.329 e. The zero-order valence-corrected chi connectivity index (χ0v) is 17.2. The average molecular weight is 412 g/mol. The first-order valence-corrected chi connectivity index (χ1v) is 9.90. The van der Waals surface area contributed by atoms with E-state index in [0.717, 1.165) is 25.2 Å². The van der Waals surface area contributed by atoms with Gasteiger partial charge in [-0.3, -0.25) is 23.8 Å². The summed E-state index contributed by atoms with van der Waals surface area (Å²) < 4.78 is 17.4. The minimum Gasteiger partial charge on any atom is -0.340 e. The number of aryl methyl sites for hydroxylation is 1. The number of fused-ring (bicyclic) bond motifs is 1. The number of halogens is 1. The van der Waals surface area contributed by atoms with Crippen LogP contribution in [-0.2, 0) is 13.6 Å². The third-order valence-electron chi connectivity index (χ3n) is 5.42. The molecule has 1 aliphatic rings. The van der Waals surface area contributed by atoms with Gasteiger partial charge in [-0.25, -0.2) is 9.18 Å². The first-order chi connectivity index (χ1) is 14.3. The van der Waals surface area contributed by atoms with E-state index in [2.05, 4.69) is 26.3 Å². The zero-order valence-electron chi connectivity index (χ0n) is 17.2. The van der Waals surface area contributed by atoms with Gasteiger partial charge in [0.05, 0.1) is 6.54 Å². The lowest BCUT2D eigenvalue weighted by atomic mass is 10.2. The van der Waals surface area contributed by atoms with Crippen LogP contribution in [0.3, 0.4) is 0 Å². The summed E-state index contributed by atoms with van der Waals surface area (Å²) in [6, 6.07) is 6.47. The number of hydrogen-bond donors (Lipinski definition) is 1. The van der Waals surface area contributed by atoms with Gasteiger partial charge in [-0.1, -0.05) is 30.4 Å². The number of nitrogens with zero attached hydrogens (tertiary/aromatic N) is 5. The molecule has 8 nitrogen and oxygen atoms in total. The number of rotatable bonds is 5. The second kappa shape index (κ2) is 7.91. The third kappa shape index (κ3) is 3.68. The van der Waals surface area contributed by atoms with E-state index in [1.54, 1.807) is 29.8 Å². The molecule has 30 heavy (non-hydrogen) atoms. The normalized spacial score (nSPS) is 15.1. The Morgan fingerprint density at radius 3 is 2.57 bits per heavy atom. The Morgan fingerprint density at radius 1 is 1.20 bits per heavy atom. The molecular weight excluding hydrogens is 387 g/mol. The van der Waals surface area contributed by atoms with Gasteiger partial charge in [-0.15, -0.1) is 0 Å². The maximum absolute atomic E-state index is 14.4. The summed E-state index contributed by atoms with van der Waals surface area (Å²) in [6.45, 7) is 10.0. The predicted octanol–water partition coefficient (Wildman–Crippen LogP) is 1.31. The molecule has 4 rings (SSSR count). The molecule has 158 valence electrons. The number of hydrogen-bond acceptors (Lipinski definition) is 5. The van der Waals surface area contributed by atoms with Gasteiger partial charge in [-0.2, -0.15) is 4.98 Å². The number of aromatic amines is 1. The zero-order chi connectivity index (χ0) is 21.4. The van der Waals surface area contributed by atoms with E-state index in [9.17, 15) is 14.0 Å². The molecule has 0 spiro atoms. The number of H-pyrrole nitrogens is 1. The quantitative estimate of drug-likeness (QED) is 0.640. The van der Waals surface area contributed by atoms with Crippen molar-refractivity contribution < 1.29 is 4.39 Å². The fourth-order valence-corrected chi connectivity index (χ4v) is 3.90. The first kappa shape index (κ1) is 20.1. The molecule has 9 heteroatoms. The largest absolute Gasteiger partial charge is 0.340 e. The molecule has 0 bridgehead atoms. The highest BCUT2D eigenvalue weighted by Gasteiger charge is 2.25. The molecule has 0 unspecified atom stereocenters. The summed E-state index contributed by atoms with van der Waals surface area (Å²) in [4.78, 5) is 36.1. The number of imidazole rings is 1. The van der Waals surface area contributed by atoms with Crippen LogP contribution in [-0.4, -0.2) is 56.7 Å². The van der Waals surface area contributed by atoms with Gasteiger partial charge in [-0.05, 0) is 13.0 Å². The van der Waals surface area contributed by atoms with Crippen molar-refractivity contribution in [2.24, 2.45) is 7.05 Å². The number of aromatic nitrogens is 4. The Morgan fingerprint density at radius 2 is 1.90 bits per heavy atom. The minimum atomic E-state index is -0.527. The monoisotopic (exact) mass is 412 g/mol. The van der Waals surface area contributed by atoms with Gasteiger partial charge in [0.1, 0.15) is 5.82 Å². The molecule has 0 atom stereocenters. The number of piperazine rings is 1. The van der Waals surface area contributed by atoms with Crippen molar-refractivity contribution in [3.8, 4) is 0 Å². The maximum atomic E-state index is 14.4. The van der Waals surface area contributed by atoms with Crippen LogP contribution in [0.4, 0.5) is 10.3 Å². The second-order valence-corrected chi connectivity index (χ2v) is 7.80. The summed E-state index contributed by atoms with van der Waals surface area (Å²) in [6.07, 6.45) is 0. The van der Waals surface area contributed by atoms with Gasteiger partial charge in [0.25, 0.3) is 5.56 Å². The van der Waals surface area contributed by atoms with Gasteiger partial charge in [0.2, 0.25) is 5.95 Å². The molecule has 1 N–H and O–H groups in total. The molecule has 0 saturated carbocycles. The summed E-state index contributed by atoms with van der Waals surface area (Å²) in [5, 5.41) is 0. The summed E-state index contributed by atoms with van der Waals surface area (Å²) in [7, 11) is 1.57. The highest BCUT2D eigenvalue weighted by Crippen LogP contribution is 2.23. The molecule has 1 aliphatic heterocycles. The lowest BCUT2D eigenvalue weighted by Gasteiger charge is -2.35. The molecule has 1 aromatic carbocycles. The van der Waals surface area contributed by atoms with Crippen LogP contribution in [0, 0.1) is 5.82 Å². The van der Waals surface area contributed by atoms with Crippen molar-refractivity contribution in [1.82, 2.24) is 24.0 Å². The fraction of sp³-hybridized carbons (Fsp3) is 0.381. The van der Waals surface area contributed by atoms with E-state index in [-0.39, 0.29) is 17.9 Å². The molecular formula is C21H25FN6O2. The summed E-state index contributed by atoms with van der Waals surface area (Å²) in [5.74, 6) is 0.216. The number of nitrogens with one attached hydrogen (secondary N) is 1. The molecule has 3 aromatic rings. The van der Waals surface area contributed by atoms with E-state index in [4.69, 9.17) is 0 Å². The van der Waals surface area contributed by atoms with Crippen molar-refractivity contribution in [2.45, 2.75) is 13.5 Å². The van der Waals surface area contributed by atoms with E-state index in [0.29, 0.717) is 30.2 Å².